The lowest BCUT2D eigenvalue weighted by Gasteiger charge is -2.08. The monoisotopic (exact) mass is 367 g/mol. The molecule has 1 heterocycles. The van der Waals surface area contributed by atoms with E-state index in [2.05, 4.69) is 15.2 Å². The van der Waals surface area contributed by atoms with Gasteiger partial charge in [-0.25, -0.2) is 9.48 Å². The van der Waals surface area contributed by atoms with Crippen molar-refractivity contribution in [3.63, 3.8) is 0 Å². The van der Waals surface area contributed by atoms with Gasteiger partial charge in [-0.05, 0) is 32.4 Å². The number of carbonyl (C=O) groups excluding carboxylic acids is 2. The lowest BCUT2D eigenvalue weighted by Crippen LogP contribution is -2.16. The van der Waals surface area contributed by atoms with Crippen molar-refractivity contribution in [3.8, 4) is 11.4 Å². The summed E-state index contributed by atoms with van der Waals surface area (Å²) >= 11 is 0. The first-order chi connectivity index (χ1) is 12.5. The largest absolute Gasteiger partial charge is 0.461 e. The van der Waals surface area contributed by atoms with Crippen LogP contribution in [0.5, 0.6) is 5.75 Å². The Bertz CT molecular complexity index is 777. The highest BCUT2D eigenvalue weighted by Gasteiger charge is 2.22. The third-order valence-corrected chi connectivity index (χ3v) is 3.60. The van der Waals surface area contributed by atoms with Gasteiger partial charge < -0.3 is 14.8 Å². The number of rotatable bonds is 9. The summed E-state index contributed by atoms with van der Waals surface area (Å²) in [6.07, 6.45) is 0.931. The number of esters is 1. The maximum absolute atomic E-state index is 12.4. The van der Waals surface area contributed by atoms with Crippen LogP contribution in [0.3, 0.4) is 0 Å². The molecule has 0 bridgehead atoms. The number of hydrogen-bond donors (Lipinski definition) is 1. The number of hydrogen-bond acceptors (Lipinski definition) is 5. The fraction of sp³-hybridized carbons (Fsp3) is 0.353. The molecule has 0 aliphatic carbocycles. The first-order valence-electron chi connectivity index (χ1n) is 7.95. The van der Waals surface area contributed by atoms with Crippen LogP contribution in [-0.2, 0) is 16.0 Å². The Balaban J connectivity index is 2.43. The summed E-state index contributed by atoms with van der Waals surface area (Å²) in [5.74, 6) is -0.607. The molecule has 26 heavy (non-hydrogen) atoms. The number of benzene rings is 1. The highest BCUT2D eigenvalue weighted by Crippen LogP contribution is 2.23. The van der Waals surface area contributed by atoms with E-state index in [9.17, 15) is 18.4 Å². The van der Waals surface area contributed by atoms with Gasteiger partial charge >= 0.3 is 12.6 Å². The van der Waals surface area contributed by atoms with Crippen LogP contribution in [0.4, 0.5) is 8.78 Å². The van der Waals surface area contributed by atoms with Crippen LogP contribution in [0.15, 0.2) is 24.3 Å². The van der Waals surface area contributed by atoms with Crippen LogP contribution >= 0.6 is 0 Å². The zero-order chi connectivity index (χ0) is 19.1. The Kier molecular flexibility index (Phi) is 6.65. The van der Waals surface area contributed by atoms with Gasteiger partial charge in [0.2, 0.25) is 6.41 Å². The van der Waals surface area contributed by atoms with Crippen molar-refractivity contribution >= 4 is 12.4 Å². The summed E-state index contributed by atoms with van der Waals surface area (Å²) in [6.45, 7) is 0.988. The first-order valence-corrected chi connectivity index (χ1v) is 7.95. The molecule has 0 spiro atoms. The van der Waals surface area contributed by atoms with E-state index < -0.39 is 12.6 Å². The molecule has 1 aromatic heterocycles. The third kappa shape index (κ3) is 4.56. The van der Waals surface area contributed by atoms with Gasteiger partial charge in [0.15, 0.2) is 5.69 Å². The van der Waals surface area contributed by atoms with Crippen LogP contribution in [0.2, 0.25) is 0 Å². The van der Waals surface area contributed by atoms with Crippen molar-refractivity contribution in [2.24, 2.45) is 0 Å². The lowest BCUT2D eigenvalue weighted by molar-refractivity contribution is -0.109. The Morgan fingerprint density at radius 3 is 2.85 bits per heavy atom. The number of halogens is 2. The second-order valence-electron chi connectivity index (χ2n) is 5.24. The summed E-state index contributed by atoms with van der Waals surface area (Å²) in [5, 5.41) is 6.81. The van der Waals surface area contributed by atoms with Crippen LogP contribution in [-0.4, -0.2) is 41.9 Å². The standard InChI is InChI=1S/C17H19F2N3O4/c1-3-25-16(24)15-14(7-8-20-10-23)11(2)22(21-15)12-5-4-6-13(9-12)26-17(18)19/h4-6,9-10,17H,3,7-8H2,1-2H3,(H,20,23). The molecule has 9 heteroatoms. The number of aromatic nitrogens is 2. The fourth-order valence-electron chi connectivity index (χ4n) is 2.50. The molecular weight excluding hydrogens is 348 g/mol. The number of amides is 1. The normalized spacial score (nSPS) is 10.7. The minimum absolute atomic E-state index is 0.0192. The van der Waals surface area contributed by atoms with Gasteiger partial charge in [0.25, 0.3) is 0 Å². The van der Waals surface area contributed by atoms with Crippen LogP contribution < -0.4 is 10.1 Å². The van der Waals surface area contributed by atoms with Crippen molar-refractivity contribution in [1.82, 2.24) is 15.1 Å². The molecule has 1 N–H and O–H groups in total. The molecule has 1 aromatic carbocycles. The second-order valence-corrected chi connectivity index (χ2v) is 5.24. The first kappa shape index (κ1) is 19.4. The van der Waals surface area contributed by atoms with E-state index in [1.807, 2.05) is 0 Å². The summed E-state index contributed by atoms with van der Waals surface area (Å²) in [6, 6.07) is 6.00. The summed E-state index contributed by atoms with van der Waals surface area (Å²) < 4.78 is 35.7. The minimum atomic E-state index is -2.94. The lowest BCUT2D eigenvalue weighted by atomic mass is 10.1. The molecule has 2 aromatic rings. The Morgan fingerprint density at radius 1 is 1.42 bits per heavy atom. The number of alkyl halides is 2. The summed E-state index contributed by atoms with van der Waals surface area (Å²) in [7, 11) is 0. The molecule has 0 aliphatic rings. The molecular formula is C17H19F2N3O4. The van der Waals surface area contributed by atoms with Gasteiger partial charge in [-0.15, -0.1) is 0 Å². The second kappa shape index (κ2) is 8.93. The van der Waals surface area contributed by atoms with Crippen molar-refractivity contribution in [2.75, 3.05) is 13.2 Å². The van der Waals surface area contributed by atoms with E-state index in [1.54, 1.807) is 26.0 Å². The van der Waals surface area contributed by atoms with E-state index in [4.69, 9.17) is 4.74 Å². The number of nitrogens with zero attached hydrogens (tertiary/aromatic N) is 2. The highest BCUT2D eigenvalue weighted by atomic mass is 19.3. The van der Waals surface area contributed by atoms with E-state index in [0.717, 1.165) is 0 Å². The van der Waals surface area contributed by atoms with Gasteiger partial charge in [0, 0.05) is 23.9 Å². The van der Waals surface area contributed by atoms with Gasteiger partial charge in [-0.3, -0.25) is 4.79 Å². The van der Waals surface area contributed by atoms with Gasteiger partial charge in [-0.2, -0.15) is 13.9 Å². The molecule has 7 nitrogen and oxygen atoms in total. The highest BCUT2D eigenvalue weighted by molar-refractivity contribution is 5.89. The molecule has 0 unspecified atom stereocenters. The van der Waals surface area contributed by atoms with Crippen molar-refractivity contribution in [2.45, 2.75) is 26.9 Å². The molecule has 0 saturated carbocycles. The Morgan fingerprint density at radius 2 is 2.19 bits per heavy atom. The minimum Gasteiger partial charge on any atom is -0.461 e. The van der Waals surface area contributed by atoms with E-state index in [-0.39, 0.29) is 18.1 Å². The molecule has 2 rings (SSSR count). The molecule has 0 fully saturated rings. The molecule has 1 amide bonds. The average molecular weight is 367 g/mol. The molecule has 0 atom stereocenters. The molecule has 0 saturated heterocycles. The van der Waals surface area contributed by atoms with Crippen LogP contribution in [0.1, 0.15) is 28.7 Å². The van der Waals surface area contributed by atoms with Crippen molar-refractivity contribution < 1.29 is 27.8 Å². The zero-order valence-electron chi connectivity index (χ0n) is 14.4. The maximum atomic E-state index is 12.4. The summed E-state index contributed by atoms with van der Waals surface area (Å²) in [5.41, 5.74) is 1.82. The van der Waals surface area contributed by atoms with E-state index in [0.29, 0.717) is 36.3 Å². The predicted molar refractivity (Wildman–Crippen MR) is 88.7 cm³/mol. The maximum Gasteiger partial charge on any atom is 0.387 e. The quantitative estimate of drug-likeness (QED) is 0.418. The smallest absolute Gasteiger partial charge is 0.387 e. The SMILES string of the molecule is CCOC(=O)c1nn(-c2cccc(OC(F)F)c2)c(C)c1CCNC=O. The predicted octanol–water partition coefficient (Wildman–Crippen LogP) is 2.25. The van der Waals surface area contributed by atoms with Gasteiger partial charge in [0.1, 0.15) is 5.75 Å². The van der Waals surface area contributed by atoms with Crippen LogP contribution in [0.25, 0.3) is 5.69 Å². The van der Waals surface area contributed by atoms with Crippen molar-refractivity contribution in [1.29, 1.82) is 0 Å². The van der Waals surface area contributed by atoms with E-state index >= 15 is 0 Å². The number of nitrogens with one attached hydrogen (secondary N) is 1. The Labute approximate surface area is 148 Å². The number of carbonyl (C=O) groups is 2. The van der Waals surface area contributed by atoms with E-state index in [1.165, 1.54) is 16.8 Å². The van der Waals surface area contributed by atoms with Crippen LogP contribution in [0, 0.1) is 6.92 Å². The summed E-state index contributed by atoms with van der Waals surface area (Å²) in [4.78, 5) is 22.7. The topological polar surface area (TPSA) is 82.4 Å². The molecule has 140 valence electrons. The average Bonchev–Trinajstić information content (AvgIpc) is 2.92. The zero-order valence-corrected chi connectivity index (χ0v) is 14.4. The Hall–Kier alpha value is -2.97. The molecule has 0 aliphatic heterocycles. The number of ether oxygens (including phenoxy) is 2. The fourth-order valence-corrected chi connectivity index (χ4v) is 2.50. The molecule has 0 radical (unpaired) electrons. The third-order valence-electron chi connectivity index (χ3n) is 3.60. The van der Waals surface area contributed by atoms with Gasteiger partial charge in [0.05, 0.1) is 12.3 Å². The van der Waals surface area contributed by atoms with Crippen molar-refractivity contribution in [3.05, 3.63) is 41.2 Å². The van der Waals surface area contributed by atoms with Gasteiger partial charge in [-0.1, -0.05) is 6.07 Å².